The minimum absolute atomic E-state index is 0.0222. The fraction of sp³-hybridized carbons (Fsp3) is 0.357. The number of aromatic nitrogens is 2. The highest BCUT2D eigenvalue weighted by Crippen LogP contribution is 2.23. The standard InChI is InChI=1S/C14H17F2N3O2S/c1-10(14-11(15)4-3-5-12(14)16)17-13-6-7-19(18-13)8-9-22(2,20)21/h3-7,10H,8-9H2,1-2H3,(H,17,18)/t10-/m1/s1. The van der Waals surface area contributed by atoms with Crippen molar-refractivity contribution in [1.29, 1.82) is 0 Å². The molecule has 0 aliphatic rings. The molecule has 2 rings (SSSR count). The van der Waals surface area contributed by atoms with Crippen LogP contribution < -0.4 is 5.32 Å². The van der Waals surface area contributed by atoms with Gasteiger partial charge in [-0.3, -0.25) is 4.68 Å². The normalized spacial score (nSPS) is 13.1. The van der Waals surface area contributed by atoms with E-state index in [1.54, 1.807) is 19.2 Å². The summed E-state index contributed by atoms with van der Waals surface area (Å²) in [5, 5.41) is 7.03. The number of anilines is 1. The number of hydrogen-bond acceptors (Lipinski definition) is 4. The summed E-state index contributed by atoms with van der Waals surface area (Å²) in [4.78, 5) is 0. The van der Waals surface area contributed by atoms with Crippen LogP contribution in [0.25, 0.3) is 0 Å². The van der Waals surface area contributed by atoms with Gasteiger partial charge in [0, 0.05) is 24.1 Å². The first-order valence-electron chi connectivity index (χ1n) is 6.68. The van der Waals surface area contributed by atoms with E-state index in [1.807, 2.05) is 0 Å². The second kappa shape index (κ2) is 6.43. The number of sulfone groups is 1. The Morgan fingerprint density at radius 3 is 2.50 bits per heavy atom. The average molecular weight is 329 g/mol. The molecular weight excluding hydrogens is 312 g/mol. The molecule has 0 fully saturated rings. The molecule has 1 atom stereocenters. The van der Waals surface area contributed by atoms with E-state index in [2.05, 4.69) is 10.4 Å². The third kappa shape index (κ3) is 4.27. The monoisotopic (exact) mass is 329 g/mol. The summed E-state index contributed by atoms with van der Waals surface area (Å²) >= 11 is 0. The SMILES string of the molecule is C[C@@H](Nc1ccn(CCS(C)(=O)=O)n1)c1c(F)cccc1F. The number of rotatable bonds is 6. The Labute approximate surface area is 127 Å². The van der Waals surface area contributed by atoms with Crippen molar-refractivity contribution < 1.29 is 17.2 Å². The minimum Gasteiger partial charge on any atom is -0.362 e. The first kappa shape index (κ1) is 16.4. The van der Waals surface area contributed by atoms with Crippen LogP contribution in [0.1, 0.15) is 18.5 Å². The Balaban J connectivity index is 2.06. The Kier molecular flexibility index (Phi) is 4.80. The molecule has 0 aliphatic heterocycles. The molecule has 0 aliphatic carbocycles. The summed E-state index contributed by atoms with van der Waals surface area (Å²) < 4.78 is 51.1. The van der Waals surface area contributed by atoms with E-state index >= 15 is 0 Å². The van der Waals surface area contributed by atoms with Crippen LogP contribution in [-0.2, 0) is 16.4 Å². The third-order valence-electron chi connectivity index (χ3n) is 3.13. The highest BCUT2D eigenvalue weighted by molar-refractivity contribution is 7.90. The summed E-state index contributed by atoms with van der Waals surface area (Å²) in [5.41, 5.74) is -0.0619. The zero-order chi connectivity index (χ0) is 16.3. The van der Waals surface area contributed by atoms with Gasteiger partial charge in [-0.1, -0.05) is 6.07 Å². The smallest absolute Gasteiger partial charge is 0.149 e. The molecule has 0 radical (unpaired) electrons. The molecule has 0 saturated carbocycles. The highest BCUT2D eigenvalue weighted by Gasteiger charge is 2.16. The second-order valence-corrected chi connectivity index (χ2v) is 7.36. The molecule has 1 aromatic carbocycles. The maximum atomic E-state index is 13.7. The molecule has 0 amide bonds. The van der Waals surface area contributed by atoms with Gasteiger partial charge in [0.15, 0.2) is 0 Å². The number of nitrogens with zero attached hydrogens (tertiary/aromatic N) is 2. The van der Waals surface area contributed by atoms with Crippen LogP contribution in [0, 0.1) is 11.6 Å². The predicted molar refractivity (Wildman–Crippen MR) is 80.3 cm³/mol. The lowest BCUT2D eigenvalue weighted by molar-refractivity contribution is 0.543. The quantitative estimate of drug-likeness (QED) is 0.884. The lowest BCUT2D eigenvalue weighted by Gasteiger charge is -2.15. The Morgan fingerprint density at radius 1 is 1.27 bits per heavy atom. The topological polar surface area (TPSA) is 64.0 Å². The molecule has 2 aromatic rings. The molecule has 120 valence electrons. The van der Waals surface area contributed by atoms with Gasteiger partial charge in [-0.15, -0.1) is 0 Å². The van der Waals surface area contributed by atoms with Gasteiger partial charge in [-0.25, -0.2) is 17.2 Å². The van der Waals surface area contributed by atoms with Crippen LogP contribution in [0.3, 0.4) is 0 Å². The Hall–Kier alpha value is -1.96. The molecule has 1 N–H and O–H groups in total. The molecule has 1 heterocycles. The van der Waals surface area contributed by atoms with Crippen LogP contribution in [-0.4, -0.2) is 30.2 Å². The van der Waals surface area contributed by atoms with Crippen molar-refractivity contribution in [3.8, 4) is 0 Å². The van der Waals surface area contributed by atoms with E-state index < -0.39 is 27.5 Å². The van der Waals surface area contributed by atoms with Gasteiger partial charge < -0.3 is 5.32 Å². The number of hydrogen-bond donors (Lipinski definition) is 1. The number of halogens is 2. The van der Waals surface area contributed by atoms with Crippen molar-refractivity contribution in [2.75, 3.05) is 17.3 Å². The summed E-state index contributed by atoms with van der Waals surface area (Å²) in [6.45, 7) is 1.85. The van der Waals surface area contributed by atoms with Crippen molar-refractivity contribution in [1.82, 2.24) is 9.78 Å². The van der Waals surface area contributed by atoms with E-state index in [9.17, 15) is 17.2 Å². The zero-order valence-corrected chi connectivity index (χ0v) is 13.1. The van der Waals surface area contributed by atoms with E-state index in [0.29, 0.717) is 5.82 Å². The maximum Gasteiger partial charge on any atom is 0.149 e. The number of aryl methyl sites for hydroxylation is 1. The molecular formula is C14H17F2N3O2S. The first-order valence-corrected chi connectivity index (χ1v) is 8.74. The third-order valence-corrected chi connectivity index (χ3v) is 4.05. The van der Waals surface area contributed by atoms with Gasteiger partial charge in [0.1, 0.15) is 27.3 Å². The average Bonchev–Trinajstić information content (AvgIpc) is 2.83. The van der Waals surface area contributed by atoms with Crippen LogP contribution >= 0.6 is 0 Å². The Bertz CT molecular complexity index is 739. The summed E-state index contributed by atoms with van der Waals surface area (Å²) in [5.74, 6) is -0.859. The van der Waals surface area contributed by atoms with Crippen LogP contribution in [0.15, 0.2) is 30.5 Å². The van der Waals surface area contributed by atoms with Gasteiger partial charge in [-0.2, -0.15) is 5.10 Å². The van der Waals surface area contributed by atoms with Gasteiger partial charge in [0.2, 0.25) is 0 Å². The molecule has 1 aromatic heterocycles. The fourth-order valence-corrected chi connectivity index (χ4v) is 2.56. The number of nitrogens with one attached hydrogen (secondary N) is 1. The first-order chi connectivity index (χ1) is 10.3. The molecule has 22 heavy (non-hydrogen) atoms. The van der Waals surface area contributed by atoms with E-state index in [4.69, 9.17) is 0 Å². The lowest BCUT2D eigenvalue weighted by Crippen LogP contribution is -2.13. The maximum absolute atomic E-state index is 13.7. The van der Waals surface area contributed by atoms with Crippen LogP contribution in [0.4, 0.5) is 14.6 Å². The van der Waals surface area contributed by atoms with Crippen molar-refractivity contribution in [3.63, 3.8) is 0 Å². The summed E-state index contributed by atoms with van der Waals surface area (Å²) in [6, 6.07) is 4.71. The molecule has 5 nitrogen and oxygen atoms in total. The molecule has 0 saturated heterocycles. The largest absolute Gasteiger partial charge is 0.362 e. The van der Waals surface area contributed by atoms with Gasteiger partial charge >= 0.3 is 0 Å². The van der Waals surface area contributed by atoms with Crippen molar-refractivity contribution in [2.45, 2.75) is 19.5 Å². The van der Waals surface area contributed by atoms with Gasteiger partial charge in [0.25, 0.3) is 0 Å². The van der Waals surface area contributed by atoms with E-state index in [1.165, 1.54) is 22.9 Å². The van der Waals surface area contributed by atoms with Crippen molar-refractivity contribution >= 4 is 15.7 Å². The van der Waals surface area contributed by atoms with Crippen LogP contribution in [0.2, 0.25) is 0 Å². The molecule has 0 unspecified atom stereocenters. The molecule has 8 heteroatoms. The lowest BCUT2D eigenvalue weighted by atomic mass is 10.1. The highest BCUT2D eigenvalue weighted by atomic mass is 32.2. The second-order valence-electron chi connectivity index (χ2n) is 5.10. The summed E-state index contributed by atoms with van der Waals surface area (Å²) in [7, 11) is -3.07. The fourth-order valence-electron chi connectivity index (χ4n) is 2.04. The van der Waals surface area contributed by atoms with Gasteiger partial charge in [-0.05, 0) is 19.1 Å². The predicted octanol–water partition coefficient (Wildman–Crippen LogP) is 2.38. The summed E-state index contributed by atoms with van der Waals surface area (Å²) in [6.07, 6.45) is 2.76. The van der Waals surface area contributed by atoms with E-state index in [0.717, 1.165) is 6.26 Å². The van der Waals surface area contributed by atoms with Crippen molar-refractivity contribution in [2.24, 2.45) is 0 Å². The van der Waals surface area contributed by atoms with Crippen molar-refractivity contribution in [3.05, 3.63) is 47.7 Å². The van der Waals surface area contributed by atoms with Crippen LogP contribution in [0.5, 0.6) is 0 Å². The molecule has 0 spiro atoms. The minimum atomic E-state index is -3.07. The Morgan fingerprint density at radius 2 is 1.91 bits per heavy atom. The zero-order valence-electron chi connectivity index (χ0n) is 12.3. The van der Waals surface area contributed by atoms with Gasteiger partial charge in [0.05, 0.1) is 18.3 Å². The number of benzene rings is 1. The van der Waals surface area contributed by atoms with E-state index in [-0.39, 0.29) is 17.9 Å². The molecule has 0 bridgehead atoms.